The second kappa shape index (κ2) is 4.67. The highest BCUT2D eigenvalue weighted by Gasteiger charge is 2.27. The number of hydrogen-bond acceptors (Lipinski definition) is 3. The molecule has 2 rings (SSSR count). The van der Waals surface area contributed by atoms with Crippen LogP contribution < -0.4 is 0 Å². The minimum Gasteiger partial charge on any atom is -0.392 e. The van der Waals surface area contributed by atoms with Crippen LogP contribution in [0.4, 0.5) is 0 Å². The van der Waals surface area contributed by atoms with Crippen LogP contribution in [-0.4, -0.2) is 35.4 Å². The Kier molecular flexibility index (Phi) is 3.52. The number of aliphatic hydroxyl groups excluding tert-OH is 1. The summed E-state index contributed by atoms with van der Waals surface area (Å²) in [7, 11) is 0. The lowest BCUT2D eigenvalue weighted by atomic mass is 9.97. The molecular weight excluding hydrogens is 184 g/mol. The summed E-state index contributed by atoms with van der Waals surface area (Å²) in [6, 6.07) is 0. The van der Waals surface area contributed by atoms with Crippen molar-refractivity contribution in [1.82, 2.24) is 0 Å². The fourth-order valence-electron chi connectivity index (χ4n) is 2.14. The zero-order chi connectivity index (χ0) is 9.10. The van der Waals surface area contributed by atoms with E-state index in [-0.39, 0.29) is 6.10 Å². The van der Waals surface area contributed by atoms with Gasteiger partial charge in [0.2, 0.25) is 0 Å². The summed E-state index contributed by atoms with van der Waals surface area (Å²) in [5.74, 6) is 2.62. The lowest BCUT2D eigenvalue weighted by molar-refractivity contribution is 0.0858. The minimum absolute atomic E-state index is 0.0496. The minimum atomic E-state index is -0.0496. The first-order valence-corrected chi connectivity index (χ1v) is 6.39. The van der Waals surface area contributed by atoms with E-state index in [4.69, 9.17) is 4.74 Å². The van der Waals surface area contributed by atoms with Crippen molar-refractivity contribution in [2.24, 2.45) is 5.92 Å². The first kappa shape index (κ1) is 9.81. The average molecular weight is 202 g/mol. The highest BCUT2D eigenvalue weighted by atomic mass is 32.2. The molecule has 1 N–H and O–H groups in total. The van der Waals surface area contributed by atoms with Crippen molar-refractivity contribution >= 4 is 11.8 Å². The van der Waals surface area contributed by atoms with Gasteiger partial charge in [-0.05, 0) is 37.4 Å². The standard InChI is InChI=1S/C10H18O2S/c11-10-7-13-6-8(10)3-4-9-2-1-5-12-9/h8-11H,1-7H2. The van der Waals surface area contributed by atoms with Crippen molar-refractivity contribution in [3.63, 3.8) is 0 Å². The van der Waals surface area contributed by atoms with Crippen molar-refractivity contribution in [2.75, 3.05) is 18.1 Å². The van der Waals surface area contributed by atoms with E-state index in [0.29, 0.717) is 12.0 Å². The normalized spacial score (nSPS) is 39.9. The molecule has 0 aromatic heterocycles. The Morgan fingerprint density at radius 1 is 1.31 bits per heavy atom. The summed E-state index contributed by atoms with van der Waals surface area (Å²) in [6.45, 7) is 0.951. The number of thioether (sulfide) groups is 1. The topological polar surface area (TPSA) is 29.5 Å². The molecule has 0 saturated carbocycles. The van der Waals surface area contributed by atoms with E-state index in [0.717, 1.165) is 31.0 Å². The zero-order valence-corrected chi connectivity index (χ0v) is 8.76. The Labute approximate surface area is 84.0 Å². The molecule has 76 valence electrons. The molecule has 0 aromatic carbocycles. The van der Waals surface area contributed by atoms with E-state index in [1.54, 1.807) is 0 Å². The Balaban J connectivity index is 1.66. The molecule has 3 unspecified atom stereocenters. The number of rotatable bonds is 3. The van der Waals surface area contributed by atoms with Crippen LogP contribution in [0.2, 0.25) is 0 Å². The van der Waals surface area contributed by atoms with E-state index >= 15 is 0 Å². The maximum Gasteiger partial charge on any atom is 0.0666 e. The van der Waals surface area contributed by atoms with Gasteiger partial charge in [-0.25, -0.2) is 0 Å². The number of aliphatic hydroxyl groups is 1. The second-order valence-electron chi connectivity index (χ2n) is 4.08. The maximum absolute atomic E-state index is 9.60. The lowest BCUT2D eigenvalue weighted by Crippen LogP contribution is -2.19. The highest BCUT2D eigenvalue weighted by Crippen LogP contribution is 2.29. The Morgan fingerprint density at radius 2 is 2.23 bits per heavy atom. The number of hydrogen-bond donors (Lipinski definition) is 1. The molecule has 0 radical (unpaired) electrons. The van der Waals surface area contributed by atoms with Crippen molar-refractivity contribution in [1.29, 1.82) is 0 Å². The summed E-state index contributed by atoms with van der Waals surface area (Å²) in [4.78, 5) is 0. The molecule has 2 fully saturated rings. The first-order chi connectivity index (χ1) is 6.36. The van der Waals surface area contributed by atoms with Gasteiger partial charge in [-0.2, -0.15) is 11.8 Å². The highest BCUT2D eigenvalue weighted by molar-refractivity contribution is 7.99. The molecule has 0 spiro atoms. The van der Waals surface area contributed by atoms with Crippen LogP contribution in [0.3, 0.4) is 0 Å². The van der Waals surface area contributed by atoms with Gasteiger partial charge in [0.15, 0.2) is 0 Å². The third-order valence-corrected chi connectivity index (χ3v) is 4.29. The van der Waals surface area contributed by atoms with Crippen LogP contribution in [0.1, 0.15) is 25.7 Å². The van der Waals surface area contributed by atoms with Gasteiger partial charge in [-0.3, -0.25) is 0 Å². The van der Waals surface area contributed by atoms with Gasteiger partial charge in [0.1, 0.15) is 0 Å². The number of ether oxygens (including phenoxy) is 1. The van der Waals surface area contributed by atoms with Gasteiger partial charge in [-0.1, -0.05) is 0 Å². The van der Waals surface area contributed by atoms with Gasteiger partial charge in [0, 0.05) is 12.4 Å². The quantitative estimate of drug-likeness (QED) is 0.755. The van der Waals surface area contributed by atoms with Crippen LogP contribution in [0.5, 0.6) is 0 Å². The van der Waals surface area contributed by atoms with Crippen LogP contribution in [-0.2, 0) is 4.74 Å². The lowest BCUT2D eigenvalue weighted by Gasteiger charge is -2.15. The largest absolute Gasteiger partial charge is 0.392 e. The molecule has 2 aliphatic heterocycles. The molecule has 2 aliphatic rings. The fraction of sp³-hybridized carbons (Fsp3) is 1.00. The van der Waals surface area contributed by atoms with Crippen LogP contribution in [0.15, 0.2) is 0 Å². The molecule has 2 saturated heterocycles. The maximum atomic E-state index is 9.60. The Hall–Kier alpha value is 0.270. The second-order valence-corrected chi connectivity index (χ2v) is 5.15. The predicted octanol–water partition coefficient (Wildman–Crippen LogP) is 1.67. The molecule has 3 heteroatoms. The van der Waals surface area contributed by atoms with Gasteiger partial charge < -0.3 is 9.84 Å². The first-order valence-electron chi connectivity index (χ1n) is 5.23. The van der Waals surface area contributed by atoms with Crippen molar-refractivity contribution in [3.05, 3.63) is 0 Å². The van der Waals surface area contributed by atoms with E-state index in [1.165, 1.54) is 12.8 Å². The van der Waals surface area contributed by atoms with Crippen molar-refractivity contribution in [3.8, 4) is 0 Å². The van der Waals surface area contributed by atoms with Crippen molar-refractivity contribution < 1.29 is 9.84 Å². The van der Waals surface area contributed by atoms with Gasteiger partial charge >= 0.3 is 0 Å². The molecule has 0 bridgehead atoms. The SMILES string of the molecule is OC1CSCC1CCC1CCCO1. The summed E-state index contributed by atoms with van der Waals surface area (Å²) >= 11 is 1.88. The summed E-state index contributed by atoms with van der Waals surface area (Å²) < 4.78 is 5.56. The van der Waals surface area contributed by atoms with Gasteiger partial charge in [0.05, 0.1) is 12.2 Å². The molecule has 13 heavy (non-hydrogen) atoms. The summed E-state index contributed by atoms with van der Waals surface area (Å²) in [5.41, 5.74) is 0. The van der Waals surface area contributed by atoms with Gasteiger partial charge in [-0.15, -0.1) is 0 Å². The fourth-order valence-corrected chi connectivity index (χ4v) is 3.48. The molecule has 2 nitrogen and oxygen atoms in total. The molecule has 0 amide bonds. The monoisotopic (exact) mass is 202 g/mol. The van der Waals surface area contributed by atoms with E-state index in [1.807, 2.05) is 11.8 Å². The molecule has 2 heterocycles. The smallest absolute Gasteiger partial charge is 0.0666 e. The van der Waals surface area contributed by atoms with Crippen LogP contribution >= 0.6 is 11.8 Å². The summed E-state index contributed by atoms with van der Waals surface area (Å²) in [5, 5.41) is 9.60. The van der Waals surface area contributed by atoms with E-state index in [9.17, 15) is 5.11 Å². The molecular formula is C10H18O2S. The molecule has 3 atom stereocenters. The molecule has 0 aromatic rings. The third-order valence-electron chi connectivity index (χ3n) is 3.05. The molecule has 0 aliphatic carbocycles. The zero-order valence-electron chi connectivity index (χ0n) is 7.95. The Bertz CT molecular complexity index is 157. The van der Waals surface area contributed by atoms with Gasteiger partial charge in [0.25, 0.3) is 0 Å². The predicted molar refractivity (Wildman–Crippen MR) is 55.0 cm³/mol. The van der Waals surface area contributed by atoms with Crippen LogP contribution in [0, 0.1) is 5.92 Å². The third kappa shape index (κ3) is 2.61. The average Bonchev–Trinajstić information content (AvgIpc) is 2.72. The van der Waals surface area contributed by atoms with Crippen molar-refractivity contribution in [2.45, 2.75) is 37.9 Å². The van der Waals surface area contributed by atoms with Crippen LogP contribution in [0.25, 0.3) is 0 Å². The Morgan fingerprint density at radius 3 is 2.85 bits per heavy atom. The summed E-state index contributed by atoms with van der Waals surface area (Å²) in [6.07, 6.45) is 5.22. The van der Waals surface area contributed by atoms with E-state index < -0.39 is 0 Å². The van der Waals surface area contributed by atoms with E-state index in [2.05, 4.69) is 0 Å².